The van der Waals surface area contributed by atoms with Gasteiger partial charge >= 0.3 is 0 Å². The third-order valence-electron chi connectivity index (χ3n) is 2.94. The van der Waals surface area contributed by atoms with E-state index in [-0.39, 0.29) is 17.6 Å². The van der Waals surface area contributed by atoms with Crippen molar-refractivity contribution in [3.8, 4) is 0 Å². The second-order valence-corrected chi connectivity index (χ2v) is 5.24. The van der Waals surface area contributed by atoms with Crippen molar-refractivity contribution in [2.24, 2.45) is 5.92 Å². The highest BCUT2D eigenvalue weighted by Gasteiger charge is 2.19. The number of nitrogens with one attached hydrogen (secondary N) is 1. The number of carbonyl (C=O) groups is 1. The fourth-order valence-corrected chi connectivity index (χ4v) is 1.81. The van der Waals surface area contributed by atoms with Crippen molar-refractivity contribution in [2.75, 3.05) is 24.6 Å². The Morgan fingerprint density at radius 2 is 2.05 bits per heavy atom. The van der Waals surface area contributed by atoms with Crippen LogP contribution in [0.2, 0.25) is 0 Å². The molecule has 5 heteroatoms. The van der Waals surface area contributed by atoms with Crippen molar-refractivity contribution >= 4 is 17.3 Å². The summed E-state index contributed by atoms with van der Waals surface area (Å²) in [6, 6.07) is 3.79. The number of hydrogen-bond donors (Lipinski definition) is 2. The molecule has 1 aromatic carbocycles. The van der Waals surface area contributed by atoms with Gasteiger partial charge in [-0.15, -0.1) is 0 Å². The van der Waals surface area contributed by atoms with Crippen LogP contribution in [0.5, 0.6) is 0 Å². The quantitative estimate of drug-likeness (QED) is 0.805. The Bertz CT molecular complexity index is 448. The van der Waals surface area contributed by atoms with E-state index in [0.29, 0.717) is 11.6 Å². The minimum atomic E-state index is -0.485. The fraction of sp³-hybridized carbons (Fsp3) is 0.500. The number of nitrogens with zero attached hydrogens (tertiary/aromatic N) is 1. The van der Waals surface area contributed by atoms with E-state index in [1.807, 2.05) is 11.9 Å². The van der Waals surface area contributed by atoms with Gasteiger partial charge in [0.05, 0.1) is 11.7 Å². The Morgan fingerprint density at radius 1 is 1.42 bits per heavy atom. The fourth-order valence-electron chi connectivity index (χ4n) is 1.81. The monoisotopic (exact) mass is 267 g/mol. The summed E-state index contributed by atoms with van der Waals surface area (Å²) in [6.07, 6.45) is 0. The molecule has 0 aliphatic carbocycles. The maximum atomic E-state index is 13.5. The Hall–Kier alpha value is -1.62. The number of hydrogen-bond acceptors (Lipinski definition) is 3. The van der Waals surface area contributed by atoms with Gasteiger partial charge < -0.3 is 11.1 Å². The van der Waals surface area contributed by atoms with Crippen molar-refractivity contribution < 1.29 is 9.18 Å². The number of amides is 1. The molecular formula is C14H22FN3O. The predicted octanol–water partition coefficient (Wildman–Crippen LogP) is 2.32. The van der Waals surface area contributed by atoms with Gasteiger partial charge in [-0.25, -0.2) is 4.39 Å². The zero-order chi connectivity index (χ0) is 14.6. The molecule has 3 N–H and O–H groups in total. The first kappa shape index (κ1) is 15.4. The lowest BCUT2D eigenvalue weighted by molar-refractivity contribution is -0.120. The summed E-state index contributed by atoms with van der Waals surface area (Å²) in [4.78, 5) is 14.0. The van der Waals surface area contributed by atoms with E-state index in [0.717, 1.165) is 6.54 Å². The minimum Gasteiger partial charge on any atom is -0.399 e. The van der Waals surface area contributed by atoms with E-state index in [9.17, 15) is 9.18 Å². The lowest BCUT2D eigenvalue weighted by Crippen LogP contribution is -2.41. The maximum Gasteiger partial charge on any atom is 0.241 e. The summed E-state index contributed by atoms with van der Waals surface area (Å²) < 4.78 is 13.5. The van der Waals surface area contributed by atoms with Gasteiger partial charge in [-0.1, -0.05) is 13.8 Å². The molecule has 1 atom stereocenters. The smallest absolute Gasteiger partial charge is 0.241 e. The SMILES string of the molecule is CC(C)CN(C)C(C)C(=O)Nc1cc(N)ccc1F. The first-order valence-corrected chi connectivity index (χ1v) is 6.37. The van der Waals surface area contributed by atoms with Gasteiger partial charge in [-0.3, -0.25) is 9.69 Å². The summed E-state index contributed by atoms with van der Waals surface area (Å²) in [6.45, 7) is 6.76. The van der Waals surface area contributed by atoms with Crippen LogP contribution in [0.3, 0.4) is 0 Å². The standard InChI is InChI=1S/C14H22FN3O/c1-9(2)8-18(4)10(3)14(19)17-13-7-11(16)5-6-12(13)15/h5-7,9-10H,8,16H2,1-4H3,(H,17,19). The van der Waals surface area contributed by atoms with Crippen molar-refractivity contribution in [1.29, 1.82) is 0 Å². The highest BCUT2D eigenvalue weighted by Crippen LogP contribution is 2.18. The molecule has 0 aliphatic rings. The number of nitrogen functional groups attached to an aromatic ring is 1. The van der Waals surface area contributed by atoms with Gasteiger partial charge in [-0.05, 0) is 38.1 Å². The largest absolute Gasteiger partial charge is 0.399 e. The second kappa shape index (κ2) is 6.52. The number of carbonyl (C=O) groups excluding carboxylic acids is 1. The Morgan fingerprint density at radius 3 is 2.63 bits per heavy atom. The van der Waals surface area contributed by atoms with Gasteiger partial charge in [0.15, 0.2) is 0 Å². The topological polar surface area (TPSA) is 58.4 Å². The van der Waals surface area contributed by atoms with Gasteiger partial charge in [-0.2, -0.15) is 0 Å². The van der Waals surface area contributed by atoms with E-state index in [1.54, 1.807) is 6.92 Å². The van der Waals surface area contributed by atoms with Gasteiger partial charge in [0.1, 0.15) is 5.82 Å². The van der Waals surface area contributed by atoms with Crippen LogP contribution in [-0.2, 0) is 4.79 Å². The zero-order valence-corrected chi connectivity index (χ0v) is 11.9. The molecule has 106 valence electrons. The molecule has 0 fully saturated rings. The van der Waals surface area contributed by atoms with E-state index in [4.69, 9.17) is 5.73 Å². The number of nitrogens with two attached hydrogens (primary N) is 1. The number of likely N-dealkylation sites (N-methyl/N-ethyl adjacent to an activating group) is 1. The first-order valence-electron chi connectivity index (χ1n) is 6.37. The third-order valence-corrected chi connectivity index (χ3v) is 2.94. The molecular weight excluding hydrogens is 245 g/mol. The van der Waals surface area contributed by atoms with E-state index < -0.39 is 5.82 Å². The van der Waals surface area contributed by atoms with Crippen molar-refractivity contribution in [3.63, 3.8) is 0 Å². The normalized spacial score (nSPS) is 12.8. The molecule has 0 radical (unpaired) electrons. The molecule has 1 aromatic rings. The molecule has 0 aromatic heterocycles. The van der Waals surface area contributed by atoms with Crippen LogP contribution in [0.4, 0.5) is 15.8 Å². The number of rotatable bonds is 5. The Balaban J connectivity index is 2.71. The lowest BCUT2D eigenvalue weighted by Gasteiger charge is -2.25. The average Bonchev–Trinajstić information content (AvgIpc) is 2.31. The predicted molar refractivity (Wildman–Crippen MR) is 76.4 cm³/mol. The molecule has 1 unspecified atom stereocenters. The van der Waals surface area contributed by atoms with Gasteiger partial charge in [0, 0.05) is 12.2 Å². The molecule has 0 bridgehead atoms. The molecule has 0 heterocycles. The molecule has 1 rings (SSSR count). The minimum absolute atomic E-state index is 0.120. The summed E-state index contributed by atoms with van der Waals surface area (Å²) in [5.41, 5.74) is 6.11. The van der Waals surface area contributed by atoms with Crippen LogP contribution in [0.1, 0.15) is 20.8 Å². The van der Waals surface area contributed by atoms with Crippen LogP contribution >= 0.6 is 0 Å². The van der Waals surface area contributed by atoms with E-state index in [1.165, 1.54) is 18.2 Å². The van der Waals surface area contributed by atoms with E-state index >= 15 is 0 Å². The van der Waals surface area contributed by atoms with Crippen LogP contribution in [-0.4, -0.2) is 30.4 Å². The summed E-state index contributed by atoms with van der Waals surface area (Å²) >= 11 is 0. The highest BCUT2D eigenvalue weighted by molar-refractivity contribution is 5.95. The highest BCUT2D eigenvalue weighted by atomic mass is 19.1. The molecule has 19 heavy (non-hydrogen) atoms. The van der Waals surface area contributed by atoms with Gasteiger partial charge in [0.25, 0.3) is 0 Å². The zero-order valence-electron chi connectivity index (χ0n) is 11.9. The van der Waals surface area contributed by atoms with Crippen LogP contribution in [0.15, 0.2) is 18.2 Å². The maximum absolute atomic E-state index is 13.5. The number of anilines is 2. The lowest BCUT2D eigenvalue weighted by atomic mass is 10.1. The Kier molecular flexibility index (Phi) is 5.30. The van der Waals surface area contributed by atoms with Crippen molar-refractivity contribution in [2.45, 2.75) is 26.8 Å². The average molecular weight is 267 g/mol. The van der Waals surface area contributed by atoms with Crippen molar-refractivity contribution in [3.05, 3.63) is 24.0 Å². The third kappa shape index (κ3) is 4.52. The van der Waals surface area contributed by atoms with E-state index in [2.05, 4.69) is 19.2 Å². The molecule has 1 amide bonds. The van der Waals surface area contributed by atoms with Crippen LogP contribution in [0.25, 0.3) is 0 Å². The van der Waals surface area contributed by atoms with Crippen LogP contribution in [0, 0.1) is 11.7 Å². The summed E-state index contributed by atoms with van der Waals surface area (Å²) in [7, 11) is 1.87. The number of halogens is 1. The first-order chi connectivity index (χ1) is 8.81. The molecule has 0 aliphatic heterocycles. The molecule has 0 saturated carbocycles. The van der Waals surface area contributed by atoms with Crippen molar-refractivity contribution in [1.82, 2.24) is 4.90 Å². The molecule has 0 spiro atoms. The molecule has 4 nitrogen and oxygen atoms in total. The number of benzene rings is 1. The van der Waals surface area contributed by atoms with Gasteiger partial charge in [0.2, 0.25) is 5.91 Å². The summed E-state index contributed by atoms with van der Waals surface area (Å²) in [5, 5.41) is 2.57. The van der Waals surface area contributed by atoms with Crippen LogP contribution < -0.4 is 11.1 Å². The second-order valence-electron chi connectivity index (χ2n) is 5.24. The Labute approximate surface area is 113 Å². The summed E-state index contributed by atoms with van der Waals surface area (Å²) in [5.74, 6) is -0.265. The molecule has 0 saturated heterocycles.